The Kier molecular flexibility index (Phi) is 5.78. The fourth-order valence-electron chi connectivity index (χ4n) is 1.59. The van der Waals surface area contributed by atoms with Gasteiger partial charge in [0.2, 0.25) is 5.91 Å². The number of benzene rings is 1. The van der Waals surface area contributed by atoms with Crippen LogP contribution in [0.3, 0.4) is 0 Å². The fourth-order valence-corrected chi connectivity index (χ4v) is 3.17. The number of thiophene rings is 1. The van der Waals surface area contributed by atoms with Gasteiger partial charge in [-0.25, -0.2) is 0 Å². The molecule has 0 spiro atoms. The van der Waals surface area contributed by atoms with E-state index in [4.69, 9.17) is 11.6 Å². The molecule has 0 saturated heterocycles. The average Bonchev–Trinajstić information content (AvgIpc) is 2.88. The first-order valence-corrected chi connectivity index (χ1v) is 8.13. The Bertz CT molecular complexity index is 660. The van der Waals surface area contributed by atoms with E-state index in [0.29, 0.717) is 17.1 Å². The van der Waals surface area contributed by atoms with Crippen molar-refractivity contribution >= 4 is 50.7 Å². The summed E-state index contributed by atoms with van der Waals surface area (Å²) in [5, 5.41) is 7.72. The van der Waals surface area contributed by atoms with E-state index in [0.717, 1.165) is 9.35 Å². The van der Waals surface area contributed by atoms with Gasteiger partial charge < -0.3 is 10.6 Å². The van der Waals surface area contributed by atoms with Crippen LogP contribution in [-0.2, 0) is 11.3 Å². The molecule has 2 aromatic rings. The Morgan fingerprint density at radius 3 is 2.71 bits per heavy atom. The summed E-state index contributed by atoms with van der Waals surface area (Å²) in [7, 11) is 0. The predicted octanol–water partition coefficient (Wildman–Crippen LogP) is 3.21. The van der Waals surface area contributed by atoms with Crippen LogP contribution in [0.1, 0.15) is 15.2 Å². The molecule has 0 bridgehead atoms. The summed E-state index contributed by atoms with van der Waals surface area (Å²) in [4.78, 5) is 24.5. The molecule has 7 heteroatoms. The Labute approximate surface area is 139 Å². The molecule has 1 heterocycles. The largest absolute Gasteiger partial charge is 0.350 e. The predicted molar refractivity (Wildman–Crippen MR) is 87.7 cm³/mol. The summed E-state index contributed by atoms with van der Waals surface area (Å²) < 4.78 is 0.992. The molecule has 0 saturated carbocycles. The Morgan fingerprint density at radius 1 is 1.24 bits per heavy atom. The van der Waals surface area contributed by atoms with Gasteiger partial charge in [-0.1, -0.05) is 17.7 Å². The molecule has 1 aromatic heterocycles. The van der Waals surface area contributed by atoms with Crippen molar-refractivity contribution in [3.63, 3.8) is 0 Å². The molecule has 1 aromatic carbocycles. The Morgan fingerprint density at radius 2 is 2.05 bits per heavy atom. The van der Waals surface area contributed by atoms with Crippen molar-refractivity contribution in [2.45, 2.75) is 6.54 Å². The number of halogens is 2. The van der Waals surface area contributed by atoms with E-state index in [9.17, 15) is 9.59 Å². The van der Waals surface area contributed by atoms with Crippen molar-refractivity contribution in [1.29, 1.82) is 0 Å². The monoisotopic (exact) mass is 386 g/mol. The maximum atomic E-state index is 11.8. The van der Waals surface area contributed by atoms with Crippen LogP contribution in [0.5, 0.6) is 0 Å². The minimum absolute atomic E-state index is 0.0715. The van der Waals surface area contributed by atoms with Crippen molar-refractivity contribution in [2.75, 3.05) is 6.54 Å². The summed E-state index contributed by atoms with van der Waals surface area (Å²) in [5.41, 5.74) is 0.428. The van der Waals surface area contributed by atoms with Crippen LogP contribution in [0.25, 0.3) is 0 Å². The zero-order valence-corrected chi connectivity index (χ0v) is 14.0. The van der Waals surface area contributed by atoms with Gasteiger partial charge in [-0.3, -0.25) is 9.59 Å². The first-order chi connectivity index (χ1) is 10.0. The van der Waals surface area contributed by atoms with E-state index < -0.39 is 0 Å². The van der Waals surface area contributed by atoms with Gasteiger partial charge in [-0.2, -0.15) is 0 Å². The van der Waals surface area contributed by atoms with Gasteiger partial charge in [0.1, 0.15) is 0 Å². The van der Waals surface area contributed by atoms with Crippen LogP contribution in [0, 0.1) is 0 Å². The van der Waals surface area contributed by atoms with Gasteiger partial charge in [-0.15, -0.1) is 11.3 Å². The van der Waals surface area contributed by atoms with E-state index in [1.807, 2.05) is 11.4 Å². The smallest absolute Gasteiger partial charge is 0.251 e. The van der Waals surface area contributed by atoms with Gasteiger partial charge in [0.05, 0.1) is 13.1 Å². The third kappa shape index (κ3) is 5.15. The molecule has 0 aliphatic carbocycles. The van der Waals surface area contributed by atoms with E-state index >= 15 is 0 Å². The normalized spacial score (nSPS) is 10.2. The highest BCUT2D eigenvalue weighted by Gasteiger charge is 2.08. The van der Waals surface area contributed by atoms with Gasteiger partial charge in [0, 0.05) is 25.3 Å². The Hall–Kier alpha value is -1.37. The number of amides is 2. The number of carbonyl (C=O) groups is 2. The number of hydrogen-bond donors (Lipinski definition) is 2. The number of hydrogen-bond acceptors (Lipinski definition) is 3. The second kappa shape index (κ2) is 7.59. The molecule has 4 nitrogen and oxygen atoms in total. The summed E-state index contributed by atoms with van der Waals surface area (Å²) in [6.07, 6.45) is 0. The zero-order valence-electron chi connectivity index (χ0n) is 10.9. The first-order valence-electron chi connectivity index (χ1n) is 6.08. The zero-order chi connectivity index (χ0) is 15.2. The topological polar surface area (TPSA) is 58.2 Å². The first kappa shape index (κ1) is 16.0. The molecule has 0 fully saturated rings. The third-order valence-corrected chi connectivity index (χ3v) is 4.51. The van der Waals surface area contributed by atoms with Gasteiger partial charge in [0.15, 0.2) is 0 Å². The van der Waals surface area contributed by atoms with Crippen LogP contribution in [0.2, 0.25) is 5.02 Å². The van der Waals surface area contributed by atoms with Crippen molar-refractivity contribution in [1.82, 2.24) is 10.6 Å². The molecular weight excluding hydrogens is 376 g/mol. The fraction of sp³-hybridized carbons (Fsp3) is 0.143. The summed E-state index contributed by atoms with van der Waals surface area (Å²) in [6.45, 7) is 0.375. The summed E-state index contributed by atoms with van der Waals surface area (Å²) in [6, 6.07) is 8.51. The van der Waals surface area contributed by atoms with E-state index in [1.54, 1.807) is 35.6 Å². The quantitative estimate of drug-likeness (QED) is 0.827. The van der Waals surface area contributed by atoms with Crippen molar-refractivity contribution in [3.05, 3.63) is 55.6 Å². The number of carbonyl (C=O) groups excluding carboxylic acids is 2. The number of rotatable bonds is 5. The van der Waals surface area contributed by atoms with Crippen molar-refractivity contribution < 1.29 is 9.59 Å². The average molecular weight is 388 g/mol. The minimum atomic E-state index is -0.327. The van der Waals surface area contributed by atoms with E-state index in [1.165, 1.54) is 0 Å². The molecule has 0 aliphatic heterocycles. The van der Waals surface area contributed by atoms with Crippen LogP contribution < -0.4 is 10.6 Å². The van der Waals surface area contributed by atoms with Crippen molar-refractivity contribution in [3.8, 4) is 0 Å². The summed E-state index contributed by atoms with van der Waals surface area (Å²) >= 11 is 10.7. The van der Waals surface area contributed by atoms with Crippen molar-refractivity contribution in [2.24, 2.45) is 0 Å². The molecule has 110 valence electrons. The van der Waals surface area contributed by atoms with Crippen LogP contribution >= 0.6 is 38.9 Å². The highest BCUT2D eigenvalue weighted by Crippen LogP contribution is 2.19. The lowest BCUT2D eigenvalue weighted by atomic mass is 10.2. The highest BCUT2D eigenvalue weighted by molar-refractivity contribution is 9.10. The molecule has 0 unspecified atom stereocenters. The highest BCUT2D eigenvalue weighted by atomic mass is 79.9. The van der Waals surface area contributed by atoms with Crippen LogP contribution in [0.4, 0.5) is 0 Å². The Balaban J connectivity index is 1.77. The van der Waals surface area contributed by atoms with Crippen LogP contribution in [-0.4, -0.2) is 18.4 Å². The van der Waals surface area contributed by atoms with Gasteiger partial charge >= 0.3 is 0 Å². The SMILES string of the molecule is O=C(CNC(=O)c1cccc(Cl)c1)NCc1cc(Br)cs1. The second-order valence-corrected chi connectivity index (χ2v) is 6.55. The molecular formula is C14H12BrClN2O2S. The molecule has 2 N–H and O–H groups in total. The lowest BCUT2D eigenvalue weighted by Crippen LogP contribution is -2.36. The van der Waals surface area contributed by atoms with E-state index in [-0.39, 0.29) is 18.4 Å². The standard InChI is InChI=1S/C14H12BrClN2O2S/c15-10-5-12(21-8-10)6-17-13(19)7-18-14(20)9-2-1-3-11(16)4-9/h1-5,8H,6-7H2,(H,17,19)(H,18,20). The molecule has 2 amide bonds. The lowest BCUT2D eigenvalue weighted by molar-refractivity contribution is -0.120. The molecule has 21 heavy (non-hydrogen) atoms. The maximum Gasteiger partial charge on any atom is 0.251 e. The lowest BCUT2D eigenvalue weighted by Gasteiger charge is -2.06. The second-order valence-electron chi connectivity index (χ2n) is 4.20. The third-order valence-electron chi connectivity index (χ3n) is 2.58. The molecule has 0 atom stereocenters. The minimum Gasteiger partial charge on any atom is -0.350 e. The van der Waals surface area contributed by atoms with Gasteiger partial charge in [0.25, 0.3) is 5.91 Å². The maximum absolute atomic E-state index is 11.8. The summed E-state index contributed by atoms with van der Waals surface area (Å²) in [5.74, 6) is -0.568. The van der Waals surface area contributed by atoms with Crippen LogP contribution in [0.15, 0.2) is 40.2 Å². The molecule has 2 rings (SSSR count). The van der Waals surface area contributed by atoms with E-state index in [2.05, 4.69) is 26.6 Å². The number of nitrogens with one attached hydrogen (secondary N) is 2. The molecule has 0 aliphatic rings. The molecule has 0 radical (unpaired) electrons. The van der Waals surface area contributed by atoms with Gasteiger partial charge in [-0.05, 0) is 40.2 Å².